The number of aromatic nitrogens is 1. The third-order valence-electron chi connectivity index (χ3n) is 5.64. The normalized spacial score (nSPS) is 14.9. The Balaban J connectivity index is 1.71. The first kappa shape index (κ1) is 23.4. The molecule has 2 aromatic rings. The minimum Gasteiger partial charge on any atom is -0.506 e. The summed E-state index contributed by atoms with van der Waals surface area (Å²) in [5.41, 5.74) is 0.271. The zero-order valence-corrected chi connectivity index (χ0v) is 18.8. The Bertz CT molecular complexity index is 1080. The molecule has 32 heavy (non-hydrogen) atoms. The van der Waals surface area contributed by atoms with Crippen LogP contribution in [0.3, 0.4) is 0 Å². The first-order chi connectivity index (χ1) is 15.3. The van der Waals surface area contributed by atoms with Crippen LogP contribution in [0.15, 0.2) is 34.5 Å². The summed E-state index contributed by atoms with van der Waals surface area (Å²) < 4.78 is 4.86. The molecule has 0 atom stereocenters. The molecule has 1 heterocycles. The van der Waals surface area contributed by atoms with E-state index in [2.05, 4.69) is 10.5 Å². The van der Waals surface area contributed by atoms with E-state index in [4.69, 9.17) is 16.1 Å². The molecule has 1 aromatic heterocycles. The molecule has 1 saturated carbocycles. The summed E-state index contributed by atoms with van der Waals surface area (Å²) in [5.74, 6) is -0.767. The maximum Gasteiger partial charge on any atom is 0.270 e. The van der Waals surface area contributed by atoms with Crippen molar-refractivity contribution >= 4 is 34.9 Å². The highest BCUT2D eigenvalue weighted by molar-refractivity contribution is 6.34. The number of nitriles is 1. The number of nitrogens with one attached hydrogen (secondary N) is 1. The Morgan fingerprint density at radius 3 is 2.62 bits per heavy atom. The van der Waals surface area contributed by atoms with Crippen molar-refractivity contribution in [1.82, 2.24) is 10.1 Å². The fourth-order valence-corrected chi connectivity index (χ4v) is 4.14. The van der Waals surface area contributed by atoms with Gasteiger partial charge in [0.05, 0.1) is 22.3 Å². The maximum atomic E-state index is 12.8. The van der Waals surface area contributed by atoms with E-state index in [-0.39, 0.29) is 27.9 Å². The summed E-state index contributed by atoms with van der Waals surface area (Å²) in [6.07, 6.45) is 7.14. The van der Waals surface area contributed by atoms with Crippen molar-refractivity contribution in [3.05, 3.63) is 51.9 Å². The van der Waals surface area contributed by atoms with Crippen LogP contribution in [0.2, 0.25) is 5.02 Å². The molecule has 0 unspecified atom stereocenters. The number of hydrogen-bond acceptors (Lipinski definition) is 6. The Morgan fingerprint density at radius 2 is 2.03 bits per heavy atom. The van der Waals surface area contributed by atoms with Gasteiger partial charge in [0.2, 0.25) is 0 Å². The molecule has 8 nitrogen and oxygen atoms in total. The predicted octanol–water partition coefficient (Wildman–Crippen LogP) is 4.72. The molecule has 1 aliphatic carbocycles. The first-order valence-corrected chi connectivity index (χ1v) is 10.8. The highest BCUT2D eigenvalue weighted by atomic mass is 35.5. The molecule has 2 amide bonds. The topological polar surface area (TPSA) is 119 Å². The van der Waals surface area contributed by atoms with Crippen LogP contribution in [-0.2, 0) is 4.79 Å². The number of rotatable bonds is 6. The van der Waals surface area contributed by atoms with Gasteiger partial charge in [-0.1, -0.05) is 36.0 Å². The van der Waals surface area contributed by atoms with Crippen molar-refractivity contribution in [3.8, 4) is 6.07 Å². The quantitative estimate of drug-likeness (QED) is 0.368. The van der Waals surface area contributed by atoms with Crippen LogP contribution < -0.4 is 5.32 Å². The molecule has 1 aliphatic rings. The van der Waals surface area contributed by atoms with Crippen molar-refractivity contribution in [2.45, 2.75) is 39.0 Å². The molecule has 0 radical (unpaired) electrons. The first-order valence-electron chi connectivity index (χ1n) is 10.4. The summed E-state index contributed by atoms with van der Waals surface area (Å²) in [5, 5.41) is 25.9. The van der Waals surface area contributed by atoms with Crippen LogP contribution in [0.25, 0.3) is 5.76 Å². The molecule has 168 valence electrons. The summed E-state index contributed by atoms with van der Waals surface area (Å²) in [6.45, 7) is 2.23. The number of benzene rings is 1. The molecule has 0 aliphatic heterocycles. The van der Waals surface area contributed by atoms with Crippen molar-refractivity contribution < 1.29 is 19.2 Å². The lowest BCUT2D eigenvalue weighted by Crippen LogP contribution is -2.32. The van der Waals surface area contributed by atoms with Gasteiger partial charge >= 0.3 is 0 Å². The molecule has 1 fully saturated rings. The van der Waals surface area contributed by atoms with E-state index in [0.717, 1.165) is 12.8 Å². The second-order valence-corrected chi connectivity index (χ2v) is 8.38. The number of carbonyl (C=O) groups is 2. The number of aryl methyl sites for hydroxylation is 1. The number of carbonyl (C=O) groups excluding carboxylic acids is 2. The lowest BCUT2D eigenvalue weighted by Gasteiger charge is -2.27. The standard InChI is InChI=1S/C23H25ClN4O4/c1-14-19(12-26-32-14)21(29)18(11-25)22(30)27-16-8-9-17(20(24)10-16)23(31)28(2)13-15-6-4-3-5-7-15/h8-10,12,15,29H,3-7,13H2,1-2H3,(H,27,30). The maximum absolute atomic E-state index is 12.8. The number of halogens is 1. The van der Waals surface area contributed by atoms with Crippen LogP contribution in [-0.4, -0.2) is 40.6 Å². The number of nitrogens with zero attached hydrogens (tertiary/aromatic N) is 3. The highest BCUT2D eigenvalue weighted by Gasteiger charge is 2.23. The van der Waals surface area contributed by atoms with Gasteiger partial charge < -0.3 is 19.8 Å². The van der Waals surface area contributed by atoms with Gasteiger partial charge in [0.15, 0.2) is 11.3 Å². The average molecular weight is 457 g/mol. The highest BCUT2D eigenvalue weighted by Crippen LogP contribution is 2.27. The largest absolute Gasteiger partial charge is 0.506 e. The van der Waals surface area contributed by atoms with Crippen LogP contribution in [0.4, 0.5) is 5.69 Å². The SMILES string of the molecule is Cc1oncc1C(O)=C(C#N)C(=O)Nc1ccc(C(=O)N(C)CC2CCCCC2)c(Cl)c1. The zero-order chi connectivity index (χ0) is 23.3. The molecule has 2 N–H and O–H groups in total. The van der Waals surface area contributed by atoms with Gasteiger partial charge in [0.1, 0.15) is 11.8 Å². The average Bonchev–Trinajstić information content (AvgIpc) is 3.20. The third-order valence-corrected chi connectivity index (χ3v) is 5.96. The van der Waals surface area contributed by atoms with Crippen LogP contribution >= 0.6 is 11.6 Å². The molecular formula is C23H25ClN4O4. The molecule has 0 saturated heterocycles. The molecular weight excluding hydrogens is 432 g/mol. The van der Waals surface area contributed by atoms with E-state index >= 15 is 0 Å². The van der Waals surface area contributed by atoms with E-state index in [1.165, 1.54) is 43.7 Å². The van der Waals surface area contributed by atoms with E-state index in [9.17, 15) is 20.0 Å². The number of anilines is 1. The molecule has 3 rings (SSSR count). The lowest BCUT2D eigenvalue weighted by molar-refractivity contribution is -0.112. The van der Waals surface area contributed by atoms with Gasteiger partial charge in [-0.3, -0.25) is 9.59 Å². The van der Waals surface area contributed by atoms with Gasteiger partial charge in [0, 0.05) is 19.3 Å². The van der Waals surface area contributed by atoms with E-state index in [0.29, 0.717) is 18.0 Å². The second-order valence-electron chi connectivity index (χ2n) is 7.97. The van der Waals surface area contributed by atoms with Crippen LogP contribution in [0.1, 0.15) is 53.8 Å². The predicted molar refractivity (Wildman–Crippen MR) is 120 cm³/mol. The monoisotopic (exact) mass is 456 g/mol. The zero-order valence-electron chi connectivity index (χ0n) is 18.0. The number of aliphatic hydroxyl groups is 1. The third kappa shape index (κ3) is 5.29. The smallest absolute Gasteiger partial charge is 0.270 e. The van der Waals surface area contributed by atoms with E-state index in [1.807, 2.05) is 0 Å². The van der Waals surface area contributed by atoms with Crippen molar-refractivity contribution in [3.63, 3.8) is 0 Å². The van der Waals surface area contributed by atoms with Gasteiger partial charge in [-0.2, -0.15) is 5.26 Å². The van der Waals surface area contributed by atoms with Crippen molar-refractivity contribution in [2.75, 3.05) is 18.9 Å². The molecule has 0 spiro atoms. The molecule has 0 bridgehead atoms. The van der Waals surface area contributed by atoms with Gasteiger partial charge in [-0.15, -0.1) is 0 Å². The Morgan fingerprint density at radius 1 is 1.31 bits per heavy atom. The summed E-state index contributed by atoms with van der Waals surface area (Å²) in [6, 6.07) is 6.20. The minimum atomic E-state index is -0.824. The summed E-state index contributed by atoms with van der Waals surface area (Å²) >= 11 is 6.33. The van der Waals surface area contributed by atoms with Crippen molar-refractivity contribution in [1.29, 1.82) is 5.26 Å². The second kappa shape index (κ2) is 10.3. The van der Waals surface area contributed by atoms with Crippen LogP contribution in [0.5, 0.6) is 0 Å². The minimum absolute atomic E-state index is 0.150. The Kier molecular flexibility index (Phi) is 7.54. The van der Waals surface area contributed by atoms with Gasteiger partial charge in [-0.05, 0) is 43.9 Å². The van der Waals surface area contributed by atoms with Crippen molar-refractivity contribution in [2.24, 2.45) is 5.92 Å². The fourth-order valence-electron chi connectivity index (χ4n) is 3.88. The number of amides is 2. The number of aliphatic hydroxyl groups excluding tert-OH is 1. The molecule has 9 heteroatoms. The lowest BCUT2D eigenvalue weighted by atomic mass is 9.89. The Hall–Kier alpha value is -3.31. The van der Waals surface area contributed by atoms with Gasteiger partial charge in [-0.25, -0.2) is 0 Å². The fraction of sp³-hybridized carbons (Fsp3) is 0.391. The molecule has 1 aromatic carbocycles. The summed E-state index contributed by atoms with van der Waals surface area (Å²) in [4.78, 5) is 27.1. The number of hydrogen-bond donors (Lipinski definition) is 2. The van der Waals surface area contributed by atoms with E-state index < -0.39 is 17.2 Å². The Labute approximate surface area is 191 Å². The van der Waals surface area contributed by atoms with E-state index in [1.54, 1.807) is 24.9 Å². The van der Waals surface area contributed by atoms with Crippen LogP contribution in [0, 0.1) is 24.2 Å². The summed E-state index contributed by atoms with van der Waals surface area (Å²) in [7, 11) is 1.77. The van der Waals surface area contributed by atoms with Gasteiger partial charge in [0.25, 0.3) is 11.8 Å².